The van der Waals surface area contributed by atoms with Gasteiger partial charge in [-0.15, -0.1) is 0 Å². The Morgan fingerprint density at radius 3 is 2.06 bits per heavy atom. The van der Waals surface area contributed by atoms with Crippen molar-refractivity contribution in [3.05, 3.63) is 109 Å². The summed E-state index contributed by atoms with van der Waals surface area (Å²) in [5, 5.41) is 4.84. The van der Waals surface area contributed by atoms with Crippen molar-refractivity contribution in [3.63, 3.8) is 0 Å². The summed E-state index contributed by atoms with van der Waals surface area (Å²) in [6, 6.07) is 38.5. The van der Waals surface area contributed by atoms with Crippen LogP contribution in [-0.2, 0) is 0 Å². The standard InChI is InChI=1S/C30H19NO/c1-3-10-27-23(6-1)25-9-5-8-22(30(25)31-27)20-14-12-19(13-15-20)21-16-17-29-26(18-21)24-7-2-4-11-28(24)32-29/h1-18,31H. The van der Waals surface area contributed by atoms with E-state index in [0.717, 1.165) is 21.9 Å². The summed E-state index contributed by atoms with van der Waals surface area (Å²) in [5.41, 5.74) is 9.05. The summed E-state index contributed by atoms with van der Waals surface area (Å²) < 4.78 is 5.98. The van der Waals surface area contributed by atoms with Crippen molar-refractivity contribution in [2.24, 2.45) is 0 Å². The minimum atomic E-state index is 0.928. The van der Waals surface area contributed by atoms with Crippen LogP contribution in [0.5, 0.6) is 0 Å². The number of rotatable bonds is 2. The van der Waals surface area contributed by atoms with E-state index in [9.17, 15) is 0 Å². The Kier molecular flexibility index (Phi) is 3.58. The molecule has 0 fully saturated rings. The topological polar surface area (TPSA) is 28.9 Å². The monoisotopic (exact) mass is 409 g/mol. The third-order valence-corrected chi connectivity index (χ3v) is 6.45. The molecule has 2 heterocycles. The van der Waals surface area contributed by atoms with E-state index < -0.39 is 0 Å². The van der Waals surface area contributed by atoms with Crippen LogP contribution in [0.3, 0.4) is 0 Å². The fourth-order valence-corrected chi connectivity index (χ4v) is 4.86. The van der Waals surface area contributed by atoms with Gasteiger partial charge in [-0.2, -0.15) is 0 Å². The van der Waals surface area contributed by atoms with Gasteiger partial charge in [0.15, 0.2) is 0 Å². The average molecular weight is 409 g/mol. The van der Waals surface area contributed by atoms with Crippen LogP contribution < -0.4 is 0 Å². The SMILES string of the molecule is c1ccc2c(c1)[nH]c1c(-c3ccc(-c4ccc5oc6ccccc6c5c4)cc3)cccc12. The fraction of sp³-hybridized carbons (Fsp3) is 0. The number of benzene rings is 5. The maximum atomic E-state index is 5.98. The second-order valence-electron chi connectivity index (χ2n) is 8.29. The molecule has 0 saturated carbocycles. The molecule has 0 atom stereocenters. The molecule has 0 aliphatic heterocycles. The van der Waals surface area contributed by atoms with Gasteiger partial charge in [-0.05, 0) is 41.0 Å². The van der Waals surface area contributed by atoms with Crippen LogP contribution in [0, 0.1) is 0 Å². The van der Waals surface area contributed by atoms with E-state index in [1.165, 1.54) is 44.1 Å². The van der Waals surface area contributed by atoms with Crippen molar-refractivity contribution in [3.8, 4) is 22.3 Å². The smallest absolute Gasteiger partial charge is 0.135 e. The molecule has 0 amide bonds. The molecule has 0 bridgehead atoms. The van der Waals surface area contributed by atoms with Crippen LogP contribution >= 0.6 is 0 Å². The third kappa shape index (κ3) is 2.53. The first-order valence-electron chi connectivity index (χ1n) is 10.9. The number of nitrogens with one attached hydrogen (secondary N) is 1. The molecule has 0 saturated heterocycles. The number of aromatic nitrogens is 1. The van der Waals surface area contributed by atoms with Gasteiger partial charge >= 0.3 is 0 Å². The van der Waals surface area contributed by atoms with E-state index in [1.807, 2.05) is 12.1 Å². The number of hydrogen-bond donors (Lipinski definition) is 1. The van der Waals surface area contributed by atoms with Crippen LogP contribution in [0.15, 0.2) is 114 Å². The maximum absolute atomic E-state index is 5.98. The van der Waals surface area contributed by atoms with Crippen molar-refractivity contribution in [1.82, 2.24) is 4.98 Å². The third-order valence-electron chi connectivity index (χ3n) is 6.45. The van der Waals surface area contributed by atoms with Crippen molar-refractivity contribution < 1.29 is 4.42 Å². The van der Waals surface area contributed by atoms with Gasteiger partial charge in [0.25, 0.3) is 0 Å². The predicted octanol–water partition coefficient (Wildman–Crippen LogP) is 8.55. The Morgan fingerprint density at radius 1 is 0.469 bits per heavy atom. The molecule has 1 N–H and O–H groups in total. The Morgan fingerprint density at radius 2 is 1.16 bits per heavy atom. The van der Waals surface area contributed by atoms with Gasteiger partial charge in [-0.3, -0.25) is 0 Å². The van der Waals surface area contributed by atoms with Crippen molar-refractivity contribution in [2.45, 2.75) is 0 Å². The summed E-state index contributed by atoms with van der Waals surface area (Å²) in [4.78, 5) is 3.62. The van der Waals surface area contributed by atoms with E-state index in [-0.39, 0.29) is 0 Å². The molecule has 32 heavy (non-hydrogen) atoms. The van der Waals surface area contributed by atoms with E-state index in [2.05, 4.69) is 102 Å². The van der Waals surface area contributed by atoms with Gasteiger partial charge in [-0.1, -0.05) is 84.9 Å². The molecular formula is C30H19NO. The van der Waals surface area contributed by atoms with Gasteiger partial charge < -0.3 is 9.40 Å². The molecule has 0 aliphatic rings. The molecule has 5 aromatic carbocycles. The molecule has 0 radical (unpaired) electrons. The van der Waals surface area contributed by atoms with E-state index in [1.54, 1.807) is 0 Å². The van der Waals surface area contributed by atoms with Gasteiger partial charge in [0.2, 0.25) is 0 Å². The molecule has 2 aromatic heterocycles. The maximum Gasteiger partial charge on any atom is 0.135 e. The molecule has 150 valence electrons. The van der Waals surface area contributed by atoms with Gasteiger partial charge in [-0.25, -0.2) is 0 Å². The van der Waals surface area contributed by atoms with E-state index in [4.69, 9.17) is 4.42 Å². The summed E-state index contributed by atoms with van der Waals surface area (Å²) in [6.45, 7) is 0. The Labute approximate surface area is 184 Å². The zero-order valence-electron chi connectivity index (χ0n) is 17.3. The average Bonchev–Trinajstić information content (AvgIpc) is 3.42. The molecule has 0 unspecified atom stereocenters. The first-order chi connectivity index (χ1) is 15.8. The van der Waals surface area contributed by atoms with Crippen LogP contribution in [-0.4, -0.2) is 4.98 Å². The van der Waals surface area contributed by atoms with Gasteiger partial charge in [0.1, 0.15) is 11.2 Å². The molecule has 0 spiro atoms. The number of fused-ring (bicyclic) bond motifs is 6. The number of aromatic amines is 1. The quantitative estimate of drug-likeness (QED) is 0.304. The Hall–Kier alpha value is -4.30. The van der Waals surface area contributed by atoms with E-state index >= 15 is 0 Å². The molecule has 2 nitrogen and oxygen atoms in total. The number of furan rings is 1. The number of hydrogen-bond acceptors (Lipinski definition) is 1. The molecular weight excluding hydrogens is 390 g/mol. The van der Waals surface area contributed by atoms with Gasteiger partial charge in [0, 0.05) is 32.6 Å². The molecule has 2 heteroatoms. The van der Waals surface area contributed by atoms with Crippen LogP contribution in [0.4, 0.5) is 0 Å². The number of H-pyrrole nitrogens is 1. The second-order valence-corrected chi connectivity index (χ2v) is 8.29. The zero-order valence-corrected chi connectivity index (χ0v) is 17.3. The Bertz CT molecular complexity index is 1770. The minimum absolute atomic E-state index is 0.928. The summed E-state index contributed by atoms with van der Waals surface area (Å²) in [6.07, 6.45) is 0. The fourth-order valence-electron chi connectivity index (χ4n) is 4.86. The largest absolute Gasteiger partial charge is 0.456 e. The van der Waals surface area contributed by atoms with Crippen molar-refractivity contribution in [1.29, 1.82) is 0 Å². The van der Waals surface area contributed by atoms with Gasteiger partial charge in [0.05, 0.1) is 5.52 Å². The highest BCUT2D eigenvalue weighted by molar-refractivity contribution is 6.12. The predicted molar refractivity (Wildman–Crippen MR) is 134 cm³/mol. The highest BCUT2D eigenvalue weighted by Gasteiger charge is 2.11. The first-order valence-corrected chi connectivity index (χ1v) is 10.9. The first kappa shape index (κ1) is 17.4. The van der Waals surface area contributed by atoms with Crippen molar-refractivity contribution >= 4 is 43.7 Å². The number of para-hydroxylation sites is 3. The van der Waals surface area contributed by atoms with Crippen molar-refractivity contribution in [2.75, 3.05) is 0 Å². The van der Waals surface area contributed by atoms with Crippen LogP contribution in [0.1, 0.15) is 0 Å². The summed E-state index contributed by atoms with van der Waals surface area (Å²) >= 11 is 0. The van der Waals surface area contributed by atoms with Crippen LogP contribution in [0.25, 0.3) is 66.0 Å². The molecule has 0 aliphatic carbocycles. The minimum Gasteiger partial charge on any atom is -0.456 e. The lowest BCUT2D eigenvalue weighted by atomic mass is 9.98. The van der Waals surface area contributed by atoms with E-state index in [0.29, 0.717) is 0 Å². The summed E-state index contributed by atoms with van der Waals surface area (Å²) in [7, 11) is 0. The lowest BCUT2D eigenvalue weighted by molar-refractivity contribution is 0.669. The molecule has 7 rings (SSSR count). The van der Waals surface area contributed by atoms with Crippen LogP contribution in [0.2, 0.25) is 0 Å². The normalized spacial score (nSPS) is 11.8. The Balaban J connectivity index is 1.34. The lowest BCUT2D eigenvalue weighted by Gasteiger charge is -2.07. The highest BCUT2D eigenvalue weighted by atomic mass is 16.3. The lowest BCUT2D eigenvalue weighted by Crippen LogP contribution is -1.82. The second kappa shape index (κ2) is 6.60. The zero-order chi connectivity index (χ0) is 21.1. The molecule has 7 aromatic rings. The summed E-state index contributed by atoms with van der Waals surface area (Å²) in [5.74, 6) is 0. The highest BCUT2D eigenvalue weighted by Crippen LogP contribution is 2.35.